The van der Waals surface area contributed by atoms with Crippen LogP contribution in [0.5, 0.6) is 5.75 Å². The van der Waals surface area contributed by atoms with Gasteiger partial charge in [-0.2, -0.15) is 0 Å². The molecule has 0 spiro atoms. The quantitative estimate of drug-likeness (QED) is 0.535. The van der Waals surface area contributed by atoms with E-state index in [-0.39, 0.29) is 17.4 Å². The first-order chi connectivity index (χ1) is 10.0. The topological polar surface area (TPSA) is 96.5 Å². The molecule has 112 valence electrons. The second-order valence-corrected chi connectivity index (χ2v) is 4.50. The number of hydrogen-bond acceptors (Lipinski definition) is 4. The van der Waals surface area contributed by atoms with Crippen molar-refractivity contribution in [3.8, 4) is 5.75 Å². The number of methoxy groups -OCH3 is 1. The van der Waals surface area contributed by atoms with Gasteiger partial charge in [0.05, 0.1) is 12.7 Å². The molecular formula is C13H14FN3O4. The highest BCUT2D eigenvalue weighted by Crippen LogP contribution is 2.18. The Morgan fingerprint density at radius 2 is 1.90 bits per heavy atom. The third-order valence-electron chi connectivity index (χ3n) is 2.83. The zero-order valence-electron chi connectivity index (χ0n) is 11.2. The highest BCUT2D eigenvalue weighted by Gasteiger charge is 2.26. The van der Waals surface area contributed by atoms with Crippen molar-refractivity contribution in [1.29, 1.82) is 0 Å². The molecule has 1 fully saturated rings. The molecule has 2 rings (SSSR count). The minimum Gasteiger partial charge on any atom is -0.497 e. The molecule has 0 atom stereocenters. The van der Waals surface area contributed by atoms with Gasteiger partial charge >= 0.3 is 11.8 Å². The summed E-state index contributed by atoms with van der Waals surface area (Å²) < 4.78 is 18.4. The second kappa shape index (κ2) is 6.21. The van der Waals surface area contributed by atoms with Crippen LogP contribution in [-0.4, -0.2) is 30.9 Å². The van der Waals surface area contributed by atoms with E-state index in [4.69, 9.17) is 4.74 Å². The van der Waals surface area contributed by atoms with Crippen LogP contribution in [0.15, 0.2) is 18.2 Å². The van der Waals surface area contributed by atoms with E-state index < -0.39 is 23.5 Å². The molecule has 1 aliphatic rings. The standard InChI is InChI=1S/C13H14FN3O4/c1-21-8-4-5-9(10(14)6-8)11(18)16-17-13(20)12(19)15-7-2-3-7/h4-7H,2-3H2,1H3,(H,15,19)(H,16,18)(H,17,20). The number of carbonyl (C=O) groups excluding carboxylic acids is 3. The summed E-state index contributed by atoms with van der Waals surface area (Å²) in [6.45, 7) is 0. The normalized spacial score (nSPS) is 13.2. The smallest absolute Gasteiger partial charge is 0.327 e. The zero-order chi connectivity index (χ0) is 15.4. The van der Waals surface area contributed by atoms with Gasteiger partial charge in [-0.3, -0.25) is 25.2 Å². The van der Waals surface area contributed by atoms with Gasteiger partial charge < -0.3 is 10.1 Å². The molecule has 3 N–H and O–H groups in total. The van der Waals surface area contributed by atoms with Crippen molar-refractivity contribution in [1.82, 2.24) is 16.2 Å². The molecule has 0 radical (unpaired) electrons. The molecule has 1 saturated carbocycles. The van der Waals surface area contributed by atoms with E-state index >= 15 is 0 Å². The molecule has 1 aromatic carbocycles. The van der Waals surface area contributed by atoms with Gasteiger partial charge in [0.1, 0.15) is 11.6 Å². The fourth-order valence-corrected chi connectivity index (χ4v) is 1.52. The molecule has 0 aromatic heterocycles. The summed E-state index contributed by atoms with van der Waals surface area (Å²) in [5, 5.41) is 2.45. The highest BCUT2D eigenvalue weighted by atomic mass is 19.1. The van der Waals surface area contributed by atoms with Gasteiger partial charge in [-0.25, -0.2) is 4.39 Å². The van der Waals surface area contributed by atoms with Crippen LogP contribution in [0.1, 0.15) is 23.2 Å². The Morgan fingerprint density at radius 3 is 2.48 bits per heavy atom. The van der Waals surface area contributed by atoms with Gasteiger partial charge in [-0.15, -0.1) is 0 Å². The lowest BCUT2D eigenvalue weighted by Gasteiger charge is -2.08. The van der Waals surface area contributed by atoms with E-state index in [0.29, 0.717) is 0 Å². The molecule has 1 aliphatic carbocycles. The molecule has 0 aliphatic heterocycles. The van der Waals surface area contributed by atoms with Crippen LogP contribution in [0.4, 0.5) is 4.39 Å². The minimum absolute atomic E-state index is 0.0259. The summed E-state index contributed by atoms with van der Waals surface area (Å²) in [6, 6.07) is 3.67. The molecule has 7 nitrogen and oxygen atoms in total. The van der Waals surface area contributed by atoms with Crippen LogP contribution in [0.2, 0.25) is 0 Å². The van der Waals surface area contributed by atoms with E-state index in [1.165, 1.54) is 19.2 Å². The van der Waals surface area contributed by atoms with Crippen molar-refractivity contribution >= 4 is 17.7 Å². The Bertz CT molecular complexity index is 587. The fraction of sp³-hybridized carbons (Fsp3) is 0.308. The summed E-state index contributed by atoms with van der Waals surface area (Å²) >= 11 is 0. The number of halogens is 1. The Kier molecular flexibility index (Phi) is 4.36. The lowest BCUT2D eigenvalue weighted by molar-refractivity contribution is -0.139. The molecule has 21 heavy (non-hydrogen) atoms. The van der Waals surface area contributed by atoms with E-state index in [0.717, 1.165) is 18.9 Å². The zero-order valence-corrected chi connectivity index (χ0v) is 11.2. The van der Waals surface area contributed by atoms with Gasteiger partial charge in [-0.1, -0.05) is 0 Å². The molecule has 0 bridgehead atoms. The fourth-order valence-electron chi connectivity index (χ4n) is 1.52. The van der Waals surface area contributed by atoms with Crippen molar-refractivity contribution in [2.75, 3.05) is 7.11 Å². The largest absolute Gasteiger partial charge is 0.497 e. The van der Waals surface area contributed by atoms with Crippen molar-refractivity contribution in [3.63, 3.8) is 0 Å². The molecule has 0 unspecified atom stereocenters. The van der Waals surface area contributed by atoms with Gasteiger partial charge in [0.2, 0.25) is 0 Å². The molecule has 0 saturated heterocycles. The van der Waals surface area contributed by atoms with Crippen LogP contribution in [0.3, 0.4) is 0 Å². The van der Waals surface area contributed by atoms with E-state index in [9.17, 15) is 18.8 Å². The van der Waals surface area contributed by atoms with Crippen molar-refractivity contribution in [2.45, 2.75) is 18.9 Å². The number of amides is 3. The number of carbonyl (C=O) groups is 3. The van der Waals surface area contributed by atoms with Crippen molar-refractivity contribution in [2.24, 2.45) is 0 Å². The van der Waals surface area contributed by atoms with E-state index in [1.807, 2.05) is 10.9 Å². The predicted octanol–water partition coefficient (Wildman–Crippen LogP) is -0.126. The summed E-state index contributed by atoms with van der Waals surface area (Å²) in [6.07, 6.45) is 1.67. The van der Waals surface area contributed by atoms with Gasteiger partial charge in [0, 0.05) is 12.1 Å². The summed E-state index contributed by atoms with van der Waals surface area (Å²) in [5.74, 6) is -3.26. The van der Waals surface area contributed by atoms with Crippen LogP contribution >= 0.6 is 0 Å². The highest BCUT2D eigenvalue weighted by molar-refractivity contribution is 6.35. The summed E-state index contributed by atoms with van der Waals surface area (Å²) in [4.78, 5) is 34.4. The average molecular weight is 295 g/mol. The monoisotopic (exact) mass is 295 g/mol. The number of hydrazine groups is 1. The summed E-state index contributed by atoms with van der Waals surface area (Å²) in [7, 11) is 1.37. The van der Waals surface area contributed by atoms with Crippen LogP contribution in [-0.2, 0) is 9.59 Å². The van der Waals surface area contributed by atoms with Crippen molar-refractivity contribution in [3.05, 3.63) is 29.6 Å². The Labute approximate surface area is 119 Å². The third kappa shape index (κ3) is 3.91. The van der Waals surface area contributed by atoms with Crippen molar-refractivity contribution < 1.29 is 23.5 Å². The first-order valence-electron chi connectivity index (χ1n) is 6.26. The maximum atomic E-state index is 13.6. The molecule has 8 heteroatoms. The Morgan fingerprint density at radius 1 is 1.19 bits per heavy atom. The van der Waals surface area contributed by atoms with Gasteiger partial charge in [0.25, 0.3) is 5.91 Å². The lowest BCUT2D eigenvalue weighted by atomic mass is 10.2. The molecular weight excluding hydrogens is 281 g/mol. The van der Waals surface area contributed by atoms with Crippen LogP contribution in [0, 0.1) is 5.82 Å². The predicted molar refractivity (Wildman–Crippen MR) is 69.7 cm³/mol. The van der Waals surface area contributed by atoms with E-state index in [2.05, 4.69) is 5.32 Å². The second-order valence-electron chi connectivity index (χ2n) is 4.50. The Hall–Kier alpha value is -2.64. The first-order valence-corrected chi connectivity index (χ1v) is 6.26. The van der Waals surface area contributed by atoms with Gasteiger partial charge in [0.15, 0.2) is 0 Å². The van der Waals surface area contributed by atoms with E-state index in [1.54, 1.807) is 0 Å². The number of hydrogen-bond donors (Lipinski definition) is 3. The van der Waals surface area contributed by atoms with Gasteiger partial charge in [-0.05, 0) is 25.0 Å². The lowest BCUT2D eigenvalue weighted by Crippen LogP contribution is -2.49. The maximum Gasteiger partial charge on any atom is 0.327 e. The number of benzene rings is 1. The number of nitrogens with one attached hydrogen (secondary N) is 3. The van der Waals surface area contributed by atoms with Crippen LogP contribution in [0.25, 0.3) is 0 Å². The first kappa shape index (κ1) is 14.8. The number of rotatable bonds is 3. The summed E-state index contributed by atoms with van der Waals surface area (Å²) in [5.41, 5.74) is 3.61. The minimum atomic E-state index is -1.01. The van der Waals surface area contributed by atoms with Crippen LogP contribution < -0.4 is 20.9 Å². The number of ether oxygens (including phenoxy) is 1. The molecule has 1 aromatic rings. The molecule has 0 heterocycles. The average Bonchev–Trinajstić information content (AvgIpc) is 3.27. The third-order valence-corrected chi connectivity index (χ3v) is 2.83. The SMILES string of the molecule is COc1ccc(C(=O)NNC(=O)C(=O)NC2CC2)c(F)c1. The molecule has 3 amide bonds. The maximum absolute atomic E-state index is 13.6. The Balaban J connectivity index is 1.88.